The van der Waals surface area contributed by atoms with E-state index in [0.29, 0.717) is 4.83 Å². The molecule has 1 aromatic rings. The lowest BCUT2D eigenvalue weighted by Gasteiger charge is -2.12. The van der Waals surface area contributed by atoms with Crippen LogP contribution in [0, 0.1) is 13.8 Å². The molecule has 1 aromatic carbocycles. The summed E-state index contributed by atoms with van der Waals surface area (Å²) in [6.45, 7) is 6.48. The number of benzene rings is 1. The van der Waals surface area contributed by atoms with Crippen molar-refractivity contribution in [1.82, 2.24) is 0 Å². The molecule has 0 N–H and O–H groups in total. The fourth-order valence-electron chi connectivity index (χ4n) is 1.85. The molecule has 0 amide bonds. The normalized spacial score (nSPS) is 12.6. The zero-order chi connectivity index (χ0) is 12.1. The Bertz CT molecular complexity index is 347. The summed E-state index contributed by atoms with van der Waals surface area (Å²) >= 11 is 3.68. The van der Waals surface area contributed by atoms with Gasteiger partial charge in [-0.2, -0.15) is 0 Å². The highest BCUT2D eigenvalue weighted by Crippen LogP contribution is 2.24. The van der Waals surface area contributed by atoms with Gasteiger partial charge in [-0.15, -0.1) is 0 Å². The van der Waals surface area contributed by atoms with Crippen LogP contribution in [0.15, 0.2) is 12.1 Å². The van der Waals surface area contributed by atoms with E-state index >= 15 is 0 Å². The summed E-state index contributed by atoms with van der Waals surface area (Å²) in [5, 5.41) is 0. The van der Waals surface area contributed by atoms with Crippen molar-refractivity contribution in [3.05, 3.63) is 28.8 Å². The fourth-order valence-corrected chi connectivity index (χ4v) is 2.08. The van der Waals surface area contributed by atoms with Crippen molar-refractivity contribution in [2.75, 3.05) is 7.11 Å². The van der Waals surface area contributed by atoms with Gasteiger partial charge in [-0.05, 0) is 55.9 Å². The predicted molar refractivity (Wildman–Crippen MR) is 73.8 cm³/mol. The third kappa shape index (κ3) is 3.51. The molecular weight excluding hydrogens is 264 g/mol. The number of methoxy groups -OCH3 is 1. The summed E-state index contributed by atoms with van der Waals surface area (Å²) in [5.74, 6) is 0.993. The zero-order valence-electron chi connectivity index (χ0n) is 10.6. The Morgan fingerprint density at radius 2 is 1.94 bits per heavy atom. The van der Waals surface area contributed by atoms with E-state index in [1.807, 2.05) is 0 Å². The van der Waals surface area contributed by atoms with E-state index < -0.39 is 0 Å². The molecule has 1 unspecified atom stereocenters. The van der Waals surface area contributed by atoms with E-state index in [1.54, 1.807) is 7.11 Å². The molecule has 1 rings (SSSR count). The Morgan fingerprint density at radius 1 is 1.25 bits per heavy atom. The first-order valence-corrected chi connectivity index (χ1v) is 6.78. The van der Waals surface area contributed by atoms with Gasteiger partial charge < -0.3 is 4.74 Å². The van der Waals surface area contributed by atoms with E-state index in [1.165, 1.54) is 29.5 Å². The summed E-state index contributed by atoms with van der Waals surface area (Å²) in [4.78, 5) is 0.634. The number of rotatable bonds is 5. The first-order valence-electron chi connectivity index (χ1n) is 5.86. The molecule has 0 fully saturated rings. The van der Waals surface area contributed by atoms with Crippen LogP contribution in [-0.4, -0.2) is 11.9 Å². The average molecular weight is 285 g/mol. The minimum atomic E-state index is 0.634. The summed E-state index contributed by atoms with van der Waals surface area (Å²) in [6, 6.07) is 4.39. The van der Waals surface area contributed by atoms with Crippen LogP contribution in [0.2, 0.25) is 0 Å². The van der Waals surface area contributed by atoms with Crippen LogP contribution in [0.5, 0.6) is 5.75 Å². The van der Waals surface area contributed by atoms with Crippen LogP contribution < -0.4 is 4.74 Å². The summed E-state index contributed by atoms with van der Waals surface area (Å²) in [6.07, 6.45) is 3.53. The molecular formula is C14H21BrO. The molecule has 2 heteroatoms. The van der Waals surface area contributed by atoms with Crippen molar-refractivity contribution >= 4 is 15.9 Å². The van der Waals surface area contributed by atoms with Crippen molar-refractivity contribution in [2.24, 2.45) is 0 Å². The molecule has 16 heavy (non-hydrogen) atoms. The van der Waals surface area contributed by atoms with Crippen molar-refractivity contribution in [2.45, 2.75) is 44.9 Å². The zero-order valence-corrected chi connectivity index (χ0v) is 12.2. The lowest BCUT2D eigenvalue weighted by atomic mass is 9.99. The Hall–Kier alpha value is -0.500. The molecule has 0 saturated carbocycles. The molecule has 0 heterocycles. The largest absolute Gasteiger partial charge is 0.496 e. The third-order valence-corrected chi connectivity index (χ3v) is 4.13. The maximum absolute atomic E-state index is 5.32. The highest BCUT2D eigenvalue weighted by atomic mass is 79.9. The minimum Gasteiger partial charge on any atom is -0.496 e. The monoisotopic (exact) mass is 284 g/mol. The molecule has 0 radical (unpaired) electrons. The van der Waals surface area contributed by atoms with Crippen molar-refractivity contribution in [3.63, 3.8) is 0 Å². The number of hydrogen-bond acceptors (Lipinski definition) is 1. The average Bonchev–Trinajstić information content (AvgIpc) is 2.29. The number of halogens is 1. The van der Waals surface area contributed by atoms with Gasteiger partial charge in [0, 0.05) is 4.83 Å². The highest BCUT2D eigenvalue weighted by molar-refractivity contribution is 9.09. The number of alkyl halides is 1. The molecule has 90 valence electrons. The summed E-state index contributed by atoms with van der Waals surface area (Å²) in [5.41, 5.74) is 4.00. The van der Waals surface area contributed by atoms with Crippen LogP contribution in [0.1, 0.15) is 36.5 Å². The van der Waals surface area contributed by atoms with Gasteiger partial charge in [-0.25, -0.2) is 0 Å². The minimum absolute atomic E-state index is 0.634. The van der Waals surface area contributed by atoms with Gasteiger partial charge in [0.2, 0.25) is 0 Å². The van der Waals surface area contributed by atoms with Crippen molar-refractivity contribution < 1.29 is 4.74 Å². The van der Waals surface area contributed by atoms with Crippen LogP contribution >= 0.6 is 15.9 Å². The molecule has 0 spiro atoms. The maximum Gasteiger partial charge on any atom is 0.122 e. The van der Waals surface area contributed by atoms with E-state index in [0.717, 1.165) is 12.2 Å². The predicted octanol–water partition coefficient (Wildman–Crippen LogP) is 4.42. The lowest BCUT2D eigenvalue weighted by molar-refractivity contribution is 0.411. The lowest BCUT2D eigenvalue weighted by Crippen LogP contribution is -2.00. The second-order valence-corrected chi connectivity index (χ2v) is 5.59. The summed E-state index contributed by atoms with van der Waals surface area (Å²) in [7, 11) is 1.73. The Labute approximate surface area is 107 Å². The maximum atomic E-state index is 5.32. The van der Waals surface area contributed by atoms with Crippen LogP contribution in [-0.2, 0) is 6.42 Å². The van der Waals surface area contributed by atoms with Gasteiger partial charge >= 0.3 is 0 Å². The standard InChI is InChI=1S/C14H21BrO/c1-5-13(15)7-6-12-8-11(3)14(16-4)9-10(12)2/h8-9,13H,5-7H2,1-4H3. The topological polar surface area (TPSA) is 9.23 Å². The van der Waals surface area contributed by atoms with E-state index in [-0.39, 0.29) is 0 Å². The highest BCUT2D eigenvalue weighted by Gasteiger charge is 2.07. The van der Waals surface area contributed by atoms with E-state index in [9.17, 15) is 0 Å². The number of aryl methyl sites for hydroxylation is 3. The molecule has 0 aliphatic carbocycles. The third-order valence-electron chi connectivity index (χ3n) is 3.02. The van der Waals surface area contributed by atoms with Gasteiger partial charge in [0.25, 0.3) is 0 Å². The summed E-state index contributed by atoms with van der Waals surface area (Å²) < 4.78 is 5.32. The molecule has 0 aromatic heterocycles. The van der Waals surface area contributed by atoms with Gasteiger partial charge in [-0.3, -0.25) is 0 Å². The fraction of sp³-hybridized carbons (Fsp3) is 0.571. The Kier molecular flexibility index (Phi) is 5.33. The molecule has 1 atom stereocenters. The van der Waals surface area contributed by atoms with Crippen LogP contribution in [0.25, 0.3) is 0 Å². The second kappa shape index (κ2) is 6.29. The van der Waals surface area contributed by atoms with Crippen LogP contribution in [0.3, 0.4) is 0 Å². The Balaban J connectivity index is 2.77. The van der Waals surface area contributed by atoms with Gasteiger partial charge in [0.15, 0.2) is 0 Å². The quantitative estimate of drug-likeness (QED) is 0.728. The van der Waals surface area contributed by atoms with Gasteiger partial charge in [-0.1, -0.05) is 28.9 Å². The van der Waals surface area contributed by atoms with Crippen molar-refractivity contribution in [3.8, 4) is 5.75 Å². The molecule has 0 saturated heterocycles. The second-order valence-electron chi connectivity index (χ2n) is 4.29. The SMILES string of the molecule is CCC(Br)CCc1cc(C)c(OC)cc1C. The first-order chi connectivity index (χ1) is 7.58. The van der Waals surface area contributed by atoms with Crippen molar-refractivity contribution in [1.29, 1.82) is 0 Å². The molecule has 0 bridgehead atoms. The number of ether oxygens (including phenoxy) is 1. The molecule has 0 aliphatic rings. The first kappa shape index (κ1) is 13.6. The number of hydrogen-bond donors (Lipinski definition) is 0. The Morgan fingerprint density at radius 3 is 2.50 bits per heavy atom. The van der Waals surface area contributed by atoms with Gasteiger partial charge in [0.05, 0.1) is 7.11 Å². The molecule has 0 aliphatic heterocycles. The van der Waals surface area contributed by atoms with E-state index in [4.69, 9.17) is 4.74 Å². The van der Waals surface area contributed by atoms with Gasteiger partial charge in [0.1, 0.15) is 5.75 Å². The van der Waals surface area contributed by atoms with E-state index in [2.05, 4.69) is 48.8 Å². The smallest absolute Gasteiger partial charge is 0.122 e. The molecule has 1 nitrogen and oxygen atoms in total. The van der Waals surface area contributed by atoms with Crippen LogP contribution in [0.4, 0.5) is 0 Å².